The number of esters is 1. The van der Waals surface area contributed by atoms with Gasteiger partial charge in [-0.15, -0.1) is 0 Å². The van der Waals surface area contributed by atoms with Crippen LogP contribution in [0.3, 0.4) is 0 Å². The monoisotopic (exact) mass is 211 g/mol. The number of hydrogen-bond donors (Lipinski definition) is 1. The van der Waals surface area contributed by atoms with E-state index in [1.54, 1.807) is 6.92 Å². The van der Waals surface area contributed by atoms with Crippen LogP contribution < -0.4 is 0 Å². The van der Waals surface area contributed by atoms with Crippen molar-refractivity contribution in [2.75, 3.05) is 6.61 Å². The van der Waals surface area contributed by atoms with Crippen molar-refractivity contribution in [3.8, 4) is 0 Å². The third-order valence-corrected chi connectivity index (χ3v) is 2.74. The summed E-state index contributed by atoms with van der Waals surface area (Å²) >= 11 is 0. The molecule has 0 radical (unpaired) electrons. The molecule has 0 amide bonds. The highest BCUT2D eigenvalue weighted by molar-refractivity contribution is 5.81. The molecule has 5 heteroatoms. The number of H-pyrrole nitrogens is 1. The lowest BCUT2D eigenvalue weighted by molar-refractivity contribution is -0.151. The van der Waals surface area contributed by atoms with Gasteiger partial charge >= 0.3 is 5.97 Å². The fourth-order valence-electron chi connectivity index (χ4n) is 1.68. The van der Waals surface area contributed by atoms with Gasteiger partial charge in [0.15, 0.2) is 0 Å². The SMILES string of the molecule is CCOC(=O)C(CC)(CC)c1ncn[nH]1. The molecule has 1 N–H and O–H groups in total. The molecule has 0 aliphatic rings. The maximum Gasteiger partial charge on any atom is 0.319 e. The average Bonchev–Trinajstić information content (AvgIpc) is 2.75. The van der Waals surface area contributed by atoms with Crippen LogP contribution in [-0.4, -0.2) is 27.8 Å². The summed E-state index contributed by atoms with van der Waals surface area (Å²) in [5, 5.41) is 6.54. The molecule has 0 bridgehead atoms. The number of aromatic nitrogens is 3. The van der Waals surface area contributed by atoms with E-state index >= 15 is 0 Å². The van der Waals surface area contributed by atoms with Crippen molar-refractivity contribution < 1.29 is 9.53 Å². The second-order valence-corrected chi connectivity index (χ2v) is 3.34. The molecule has 5 nitrogen and oxygen atoms in total. The first-order chi connectivity index (χ1) is 7.21. The van der Waals surface area contributed by atoms with Gasteiger partial charge in [-0.25, -0.2) is 4.98 Å². The van der Waals surface area contributed by atoms with E-state index in [9.17, 15) is 4.79 Å². The van der Waals surface area contributed by atoms with Crippen molar-refractivity contribution in [3.63, 3.8) is 0 Å². The van der Waals surface area contributed by atoms with Crippen molar-refractivity contribution in [2.24, 2.45) is 0 Å². The topological polar surface area (TPSA) is 67.9 Å². The minimum Gasteiger partial charge on any atom is -0.465 e. The summed E-state index contributed by atoms with van der Waals surface area (Å²) in [6.07, 6.45) is 2.71. The maximum atomic E-state index is 11.9. The highest BCUT2D eigenvalue weighted by Gasteiger charge is 2.41. The summed E-state index contributed by atoms with van der Waals surface area (Å²) in [5.74, 6) is 0.359. The molecule has 15 heavy (non-hydrogen) atoms. The Morgan fingerprint density at radius 3 is 2.53 bits per heavy atom. The van der Waals surface area contributed by atoms with Crippen LogP contribution in [0.4, 0.5) is 0 Å². The van der Waals surface area contributed by atoms with E-state index in [0.717, 1.165) is 0 Å². The summed E-state index contributed by atoms with van der Waals surface area (Å²) in [5.41, 5.74) is -0.674. The largest absolute Gasteiger partial charge is 0.465 e. The summed E-state index contributed by atoms with van der Waals surface area (Å²) < 4.78 is 5.09. The van der Waals surface area contributed by atoms with Crippen molar-refractivity contribution in [1.29, 1.82) is 0 Å². The van der Waals surface area contributed by atoms with Crippen LogP contribution in [0, 0.1) is 0 Å². The molecule has 0 saturated carbocycles. The number of carbonyl (C=O) groups is 1. The van der Waals surface area contributed by atoms with E-state index in [1.807, 2.05) is 13.8 Å². The molecule has 0 unspecified atom stereocenters. The molecule has 0 aromatic carbocycles. The Labute approximate surface area is 89.2 Å². The number of nitrogens with one attached hydrogen (secondary N) is 1. The van der Waals surface area contributed by atoms with E-state index in [1.165, 1.54) is 6.33 Å². The number of carbonyl (C=O) groups excluding carboxylic acids is 1. The first-order valence-corrected chi connectivity index (χ1v) is 5.24. The highest BCUT2D eigenvalue weighted by atomic mass is 16.5. The van der Waals surface area contributed by atoms with E-state index in [2.05, 4.69) is 15.2 Å². The molecule has 0 spiro atoms. The molecule has 0 aliphatic carbocycles. The fraction of sp³-hybridized carbons (Fsp3) is 0.700. The van der Waals surface area contributed by atoms with Gasteiger partial charge in [-0.3, -0.25) is 9.89 Å². The third kappa shape index (κ3) is 2.00. The van der Waals surface area contributed by atoms with Crippen LogP contribution in [0.25, 0.3) is 0 Å². The molecule has 0 saturated heterocycles. The Morgan fingerprint density at radius 2 is 2.13 bits per heavy atom. The number of aromatic amines is 1. The van der Waals surface area contributed by atoms with Gasteiger partial charge in [0.05, 0.1) is 6.61 Å². The van der Waals surface area contributed by atoms with Gasteiger partial charge in [0.25, 0.3) is 0 Å². The lowest BCUT2D eigenvalue weighted by Crippen LogP contribution is -2.37. The van der Waals surface area contributed by atoms with E-state index in [4.69, 9.17) is 4.74 Å². The lowest BCUT2D eigenvalue weighted by Gasteiger charge is -2.26. The molecule has 1 aromatic rings. The van der Waals surface area contributed by atoms with E-state index < -0.39 is 5.41 Å². The summed E-state index contributed by atoms with van der Waals surface area (Å²) in [6.45, 7) is 6.08. The Bertz CT molecular complexity index is 304. The first-order valence-electron chi connectivity index (χ1n) is 5.24. The van der Waals surface area contributed by atoms with Gasteiger partial charge < -0.3 is 4.74 Å². The summed E-state index contributed by atoms with van der Waals surface area (Å²) in [4.78, 5) is 16.0. The van der Waals surface area contributed by atoms with Gasteiger partial charge in [-0.2, -0.15) is 5.10 Å². The Kier molecular flexibility index (Phi) is 3.82. The second-order valence-electron chi connectivity index (χ2n) is 3.34. The summed E-state index contributed by atoms with van der Waals surface area (Å²) in [6, 6.07) is 0. The van der Waals surface area contributed by atoms with Crippen LogP contribution in [0.5, 0.6) is 0 Å². The Morgan fingerprint density at radius 1 is 1.47 bits per heavy atom. The number of rotatable bonds is 5. The Hall–Kier alpha value is -1.39. The molecule has 1 heterocycles. The first kappa shape index (κ1) is 11.7. The quantitative estimate of drug-likeness (QED) is 0.748. The van der Waals surface area contributed by atoms with E-state index in [-0.39, 0.29) is 5.97 Å². The fourth-order valence-corrected chi connectivity index (χ4v) is 1.68. The van der Waals surface area contributed by atoms with Crippen molar-refractivity contribution in [1.82, 2.24) is 15.2 Å². The Balaban J connectivity index is 3.02. The molecule has 0 aliphatic heterocycles. The van der Waals surface area contributed by atoms with Gasteiger partial charge in [0, 0.05) is 0 Å². The van der Waals surface area contributed by atoms with Gasteiger partial charge in [-0.05, 0) is 19.8 Å². The second kappa shape index (κ2) is 4.91. The zero-order valence-electron chi connectivity index (χ0n) is 9.41. The van der Waals surface area contributed by atoms with Crippen LogP contribution >= 0.6 is 0 Å². The minimum atomic E-state index is -0.674. The van der Waals surface area contributed by atoms with Crippen molar-refractivity contribution >= 4 is 5.97 Å². The number of ether oxygens (including phenoxy) is 1. The van der Waals surface area contributed by atoms with Crippen molar-refractivity contribution in [2.45, 2.75) is 39.0 Å². The zero-order chi connectivity index (χ0) is 11.3. The molecule has 0 fully saturated rings. The highest BCUT2D eigenvalue weighted by Crippen LogP contribution is 2.30. The molecular formula is C10H17N3O2. The normalized spacial score (nSPS) is 11.4. The average molecular weight is 211 g/mol. The predicted octanol–water partition coefficient (Wildman–Crippen LogP) is 1.43. The third-order valence-electron chi connectivity index (χ3n) is 2.74. The summed E-state index contributed by atoms with van der Waals surface area (Å²) in [7, 11) is 0. The van der Waals surface area contributed by atoms with Gasteiger partial charge in [-0.1, -0.05) is 13.8 Å². The molecule has 0 atom stereocenters. The molecule has 1 rings (SSSR count). The van der Waals surface area contributed by atoms with Gasteiger partial charge in [0.1, 0.15) is 17.6 Å². The van der Waals surface area contributed by atoms with Crippen LogP contribution in [0.15, 0.2) is 6.33 Å². The molecule has 1 aromatic heterocycles. The van der Waals surface area contributed by atoms with E-state index in [0.29, 0.717) is 25.3 Å². The zero-order valence-corrected chi connectivity index (χ0v) is 9.41. The smallest absolute Gasteiger partial charge is 0.319 e. The predicted molar refractivity (Wildman–Crippen MR) is 55.3 cm³/mol. The van der Waals surface area contributed by atoms with Crippen LogP contribution in [-0.2, 0) is 14.9 Å². The number of nitrogens with zero attached hydrogens (tertiary/aromatic N) is 2. The van der Waals surface area contributed by atoms with Crippen molar-refractivity contribution in [3.05, 3.63) is 12.2 Å². The lowest BCUT2D eigenvalue weighted by atomic mass is 9.81. The molecule has 84 valence electrons. The maximum absolute atomic E-state index is 11.9. The van der Waals surface area contributed by atoms with Crippen LogP contribution in [0.1, 0.15) is 39.4 Å². The van der Waals surface area contributed by atoms with Gasteiger partial charge in [0.2, 0.25) is 0 Å². The van der Waals surface area contributed by atoms with Crippen LogP contribution in [0.2, 0.25) is 0 Å². The number of hydrogen-bond acceptors (Lipinski definition) is 4. The molecular weight excluding hydrogens is 194 g/mol. The minimum absolute atomic E-state index is 0.230. The standard InChI is InChI=1S/C10H17N3O2/c1-4-10(5-2,9(14)15-6-3)8-11-7-12-13-8/h7H,4-6H2,1-3H3,(H,11,12,13).